The second kappa shape index (κ2) is 11.2. The number of piperidine rings is 2. The van der Waals surface area contributed by atoms with Crippen molar-refractivity contribution < 1.29 is 41.0 Å². The Hall–Kier alpha value is -2.34. The Bertz CT molecular complexity index is 857. The normalized spacial score (nSPS) is 19.1. The minimum absolute atomic E-state index is 0.00132. The summed E-state index contributed by atoms with van der Waals surface area (Å²) < 4.78 is 78.1. The first-order valence-electron chi connectivity index (χ1n) is 11.6. The molecule has 12 heteroatoms. The Labute approximate surface area is 199 Å². The van der Waals surface area contributed by atoms with Crippen molar-refractivity contribution in [2.45, 2.75) is 38.0 Å². The molecule has 0 bridgehead atoms. The monoisotopic (exact) mass is 509 g/mol. The highest BCUT2D eigenvalue weighted by Gasteiger charge is 2.37. The molecule has 0 saturated carbocycles. The van der Waals surface area contributed by atoms with Crippen molar-refractivity contribution in [3.05, 3.63) is 34.9 Å². The average Bonchev–Trinajstić information content (AvgIpc) is 2.82. The molecule has 2 amide bonds. The van der Waals surface area contributed by atoms with Crippen molar-refractivity contribution in [2.24, 2.45) is 11.8 Å². The SMILES string of the molecule is O=C(NCC1CCN(C(=O)CN2CCC(CO)CC2)CC1)c1cc(C(F)(F)F)cc(C(F)(F)F)c1. The number of hydrogen-bond acceptors (Lipinski definition) is 4. The lowest BCUT2D eigenvalue weighted by molar-refractivity contribution is -0.143. The van der Waals surface area contributed by atoms with Gasteiger partial charge in [-0.1, -0.05) is 0 Å². The van der Waals surface area contributed by atoms with E-state index in [1.165, 1.54) is 0 Å². The van der Waals surface area contributed by atoms with Crippen molar-refractivity contribution in [2.75, 3.05) is 45.9 Å². The third-order valence-electron chi connectivity index (χ3n) is 6.69. The molecule has 2 fully saturated rings. The van der Waals surface area contributed by atoms with Gasteiger partial charge in [0.05, 0.1) is 17.7 Å². The van der Waals surface area contributed by atoms with Gasteiger partial charge in [-0.2, -0.15) is 26.3 Å². The number of alkyl halides is 6. The third kappa shape index (κ3) is 7.57. The van der Waals surface area contributed by atoms with Gasteiger partial charge >= 0.3 is 12.4 Å². The van der Waals surface area contributed by atoms with Gasteiger partial charge in [-0.15, -0.1) is 0 Å². The summed E-state index contributed by atoms with van der Waals surface area (Å²) >= 11 is 0. The van der Waals surface area contributed by atoms with E-state index in [9.17, 15) is 41.0 Å². The molecule has 2 aliphatic heterocycles. The molecule has 6 nitrogen and oxygen atoms in total. The summed E-state index contributed by atoms with van der Waals surface area (Å²) in [6.07, 6.45) is -7.22. The number of aliphatic hydroxyl groups excluding tert-OH is 1. The standard InChI is InChI=1S/C23H29F6N3O3/c24-22(25,26)18-9-17(10-19(11-18)23(27,28)29)21(35)30-12-15-3-7-32(8-4-15)20(34)13-31-5-1-16(14-33)2-6-31/h9-11,15-16,33H,1-8,12-14H2,(H,30,35). The predicted molar refractivity (Wildman–Crippen MR) is 114 cm³/mol. The maximum atomic E-state index is 13.0. The summed E-state index contributed by atoms with van der Waals surface area (Å²) in [5.41, 5.74) is -3.78. The van der Waals surface area contributed by atoms with Gasteiger partial charge in [0.25, 0.3) is 5.91 Å². The van der Waals surface area contributed by atoms with Gasteiger partial charge in [0.2, 0.25) is 5.91 Å². The number of likely N-dealkylation sites (tertiary alicyclic amines) is 2. The van der Waals surface area contributed by atoms with E-state index in [1.54, 1.807) is 4.90 Å². The highest BCUT2D eigenvalue weighted by molar-refractivity contribution is 5.94. The number of nitrogens with zero attached hydrogens (tertiary/aromatic N) is 2. The van der Waals surface area contributed by atoms with Crippen LogP contribution in [0.5, 0.6) is 0 Å². The first-order chi connectivity index (χ1) is 16.4. The Kier molecular flexibility index (Phi) is 8.68. The smallest absolute Gasteiger partial charge is 0.396 e. The van der Waals surface area contributed by atoms with E-state index < -0.39 is 35.0 Å². The summed E-state index contributed by atoms with van der Waals surface area (Å²) in [5, 5.41) is 11.6. The summed E-state index contributed by atoms with van der Waals surface area (Å²) in [7, 11) is 0. The van der Waals surface area contributed by atoms with Gasteiger partial charge in [-0.05, 0) is 68.8 Å². The second-order valence-corrected chi connectivity index (χ2v) is 9.23. The Morgan fingerprint density at radius 3 is 1.86 bits per heavy atom. The largest absolute Gasteiger partial charge is 0.416 e. The number of halogens is 6. The van der Waals surface area contributed by atoms with E-state index in [1.807, 2.05) is 0 Å². The van der Waals surface area contributed by atoms with Crippen LogP contribution in [-0.4, -0.2) is 72.6 Å². The first-order valence-corrected chi connectivity index (χ1v) is 11.6. The average molecular weight is 509 g/mol. The lowest BCUT2D eigenvalue weighted by Crippen LogP contribution is -2.47. The third-order valence-corrected chi connectivity index (χ3v) is 6.69. The zero-order valence-corrected chi connectivity index (χ0v) is 19.1. The molecule has 1 aromatic carbocycles. The molecule has 0 unspecified atom stereocenters. The molecule has 35 heavy (non-hydrogen) atoms. The van der Waals surface area contributed by atoms with Crippen molar-refractivity contribution in [3.8, 4) is 0 Å². The van der Waals surface area contributed by atoms with Crippen LogP contribution in [0.15, 0.2) is 18.2 Å². The van der Waals surface area contributed by atoms with E-state index in [0.29, 0.717) is 44.6 Å². The van der Waals surface area contributed by atoms with Crippen LogP contribution >= 0.6 is 0 Å². The molecule has 0 atom stereocenters. The zero-order chi connectivity index (χ0) is 25.8. The number of aliphatic hydroxyl groups is 1. The van der Waals surface area contributed by atoms with Gasteiger partial charge in [0.1, 0.15) is 0 Å². The molecule has 3 rings (SSSR count). The Morgan fingerprint density at radius 1 is 0.857 bits per heavy atom. The highest BCUT2D eigenvalue weighted by Crippen LogP contribution is 2.36. The van der Waals surface area contributed by atoms with Gasteiger partial charge in [-0.3, -0.25) is 14.5 Å². The number of benzene rings is 1. The fraction of sp³-hybridized carbons (Fsp3) is 0.652. The maximum Gasteiger partial charge on any atom is 0.416 e. The Morgan fingerprint density at radius 2 is 1.37 bits per heavy atom. The molecule has 2 aliphatic rings. The minimum Gasteiger partial charge on any atom is -0.396 e. The van der Waals surface area contributed by atoms with Crippen LogP contribution in [0.1, 0.15) is 47.2 Å². The Balaban J connectivity index is 1.49. The lowest BCUT2D eigenvalue weighted by Gasteiger charge is -2.35. The molecule has 0 spiro atoms. The molecule has 2 heterocycles. The minimum atomic E-state index is -5.02. The highest BCUT2D eigenvalue weighted by atomic mass is 19.4. The fourth-order valence-electron chi connectivity index (χ4n) is 4.43. The van der Waals surface area contributed by atoms with Crippen LogP contribution in [0.4, 0.5) is 26.3 Å². The molecule has 2 saturated heterocycles. The van der Waals surface area contributed by atoms with Gasteiger partial charge in [0, 0.05) is 31.8 Å². The molecular formula is C23H29F6N3O3. The van der Waals surface area contributed by atoms with Crippen LogP contribution in [0.25, 0.3) is 0 Å². The van der Waals surface area contributed by atoms with E-state index >= 15 is 0 Å². The molecule has 0 aromatic heterocycles. The van der Waals surface area contributed by atoms with Crippen molar-refractivity contribution in [3.63, 3.8) is 0 Å². The first kappa shape index (κ1) is 27.3. The van der Waals surface area contributed by atoms with E-state index in [0.717, 1.165) is 25.9 Å². The predicted octanol–water partition coefficient (Wildman–Crippen LogP) is 3.40. The molecule has 2 N–H and O–H groups in total. The molecule has 196 valence electrons. The van der Waals surface area contributed by atoms with Crippen LogP contribution in [0, 0.1) is 11.8 Å². The summed E-state index contributed by atoms with van der Waals surface area (Å²) in [6.45, 7) is 2.99. The number of carbonyl (C=O) groups is 2. The van der Waals surface area contributed by atoms with Crippen molar-refractivity contribution >= 4 is 11.8 Å². The molecule has 1 aromatic rings. The summed E-state index contributed by atoms with van der Waals surface area (Å²) in [5.74, 6) is -0.774. The zero-order valence-electron chi connectivity index (χ0n) is 19.1. The van der Waals surface area contributed by atoms with Crippen LogP contribution in [-0.2, 0) is 17.1 Å². The second-order valence-electron chi connectivity index (χ2n) is 9.23. The number of rotatable bonds is 6. The quantitative estimate of drug-likeness (QED) is 0.577. The molecule has 0 aliphatic carbocycles. The maximum absolute atomic E-state index is 13.0. The van der Waals surface area contributed by atoms with Crippen LogP contribution in [0.3, 0.4) is 0 Å². The number of hydrogen-bond donors (Lipinski definition) is 2. The van der Waals surface area contributed by atoms with E-state index in [2.05, 4.69) is 10.2 Å². The van der Waals surface area contributed by atoms with Gasteiger partial charge in [-0.25, -0.2) is 0 Å². The van der Waals surface area contributed by atoms with Gasteiger partial charge < -0.3 is 15.3 Å². The molecular weight excluding hydrogens is 480 g/mol. The van der Waals surface area contributed by atoms with Crippen molar-refractivity contribution in [1.29, 1.82) is 0 Å². The lowest BCUT2D eigenvalue weighted by atomic mass is 9.96. The van der Waals surface area contributed by atoms with E-state index in [-0.39, 0.29) is 37.0 Å². The van der Waals surface area contributed by atoms with E-state index in [4.69, 9.17) is 0 Å². The summed E-state index contributed by atoms with van der Waals surface area (Å²) in [4.78, 5) is 28.7. The summed E-state index contributed by atoms with van der Waals surface area (Å²) in [6, 6.07) is 0.808. The number of nitrogens with one attached hydrogen (secondary N) is 1. The van der Waals surface area contributed by atoms with Crippen molar-refractivity contribution in [1.82, 2.24) is 15.1 Å². The van der Waals surface area contributed by atoms with Gasteiger partial charge in [0.15, 0.2) is 0 Å². The van der Waals surface area contributed by atoms with Crippen LogP contribution < -0.4 is 5.32 Å². The topological polar surface area (TPSA) is 72.9 Å². The van der Waals surface area contributed by atoms with Crippen LogP contribution in [0.2, 0.25) is 0 Å². The number of carbonyl (C=O) groups excluding carboxylic acids is 2. The fourth-order valence-corrected chi connectivity index (χ4v) is 4.43. The molecule has 0 radical (unpaired) electrons. The number of amides is 2.